The molecule has 0 bridgehead atoms. The van der Waals surface area contributed by atoms with Crippen LogP contribution in [-0.4, -0.2) is 13.0 Å². The minimum absolute atomic E-state index is 0.662. The zero-order valence-corrected chi connectivity index (χ0v) is 10.3. The Morgan fingerprint density at radius 1 is 1.57 bits per heavy atom. The standard InChI is InChI=1S/C11H12BrClO/c1-14-11-3-2-7(5-10(11)12)9-4-8(9)6-13/h2-3,5,8-9H,4,6H2,1H3. The zero-order valence-electron chi connectivity index (χ0n) is 7.97. The second kappa shape index (κ2) is 4.11. The Morgan fingerprint density at radius 2 is 2.36 bits per heavy atom. The third-order valence-electron chi connectivity index (χ3n) is 2.72. The van der Waals surface area contributed by atoms with E-state index in [1.807, 2.05) is 6.07 Å². The summed E-state index contributed by atoms with van der Waals surface area (Å²) in [4.78, 5) is 0. The predicted molar refractivity (Wildman–Crippen MR) is 62.3 cm³/mol. The van der Waals surface area contributed by atoms with Crippen LogP contribution in [0.15, 0.2) is 22.7 Å². The lowest BCUT2D eigenvalue weighted by atomic mass is 10.1. The van der Waals surface area contributed by atoms with Gasteiger partial charge < -0.3 is 4.74 Å². The second-order valence-corrected chi connectivity index (χ2v) is 4.81. The van der Waals surface area contributed by atoms with Gasteiger partial charge in [0.2, 0.25) is 0 Å². The predicted octanol–water partition coefficient (Wildman–Crippen LogP) is 3.80. The van der Waals surface area contributed by atoms with E-state index in [1.54, 1.807) is 7.11 Å². The number of benzene rings is 1. The molecule has 0 heterocycles. The molecule has 76 valence electrons. The van der Waals surface area contributed by atoms with Crippen LogP contribution >= 0.6 is 27.5 Å². The van der Waals surface area contributed by atoms with Crippen LogP contribution < -0.4 is 4.74 Å². The Hall–Kier alpha value is -0.210. The molecule has 0 saturated heterocycles. The van der Waals surface area contributed by atoms with Gasteiger partial charge >= 0.3 is 0 Å². The molecule has 2 unspecified atom stereocenters. The molecule has 0 spiro atoms. The summed E-state index contributed by atoms with van der Waals surface area (Å²) in [6, 6.07) is 6.26. The van der Waals surface area contributed by atoms with E-state index < -0.39 is 0 Å². The van der Waals surface area contributed by atoms with E-state index in [0.717, 1.165) is 16.1 Å². The number of hydrogen-bond donors (Lipinski definition) is 0. The van der Waals surface area contributed by atoms with Crippen LogP contribution in [0, 0.1) is 5.92 Å². The number of hydrogen-bond acceptors (Lipinski definition) is 1. The molecule has 1 aliphatic carbocycles. The molecule has 1 aromatic carbocycles. The molecule has 0 radical (unpaired) electrons. The first-order valence-corrected chi connectivity index (χ1v) is 5.98. The monoisotopic (exact) mass is 274 g/mol. The van der Waals surface area contributed by atoms with Crippen molar-refractivity contribution in [2.45, 2.75) is 12.3 Å². The first-order valence-electron chi connectivity index (χ1n) is 4.65. The first kappa shape index (κ1) is 10.3. The van der Waals surface area contributed by atoms with Gasteiger partial charge in [-0.1, -0.05) is 6.07 Å². The van der Waals surface area contributed by atoms with Gasteiger partial charge in [0, 0.05) is 5.88 Å². The third-order valence-corrected chi connectivity index (χ3v) is 3.74. The van der Waals surface area contributed by atoms with E-state index in [-0.39, 0.29) is 0 Å². The lowest BCUT2D eigenvalue weighted by Gasteiger charge is -2.05. The Bertz CT molecular complexity index is 340. The van der Waals surface area contributed by atoms with Crippen LogP contribution in [0.1, 0.15) is 17.9 Å². The lowest BCUT2D eigenvalue weighted by molar-refractivity contribution is 0.412. The van der Waals surface area contributed by atoms with Crippen LogP contribution in [0.4, 0.5) is 0 Å². The largest absolute Gasteiger partial charge is 0.496 e. The van der Waals surface area contributed by atoms with E-state index in [2.05, 4.69) is 28.1 Å². The molecule has 1 aromatic rings. The molecule has 14 heavy (non-hydrogen) atoms. The summed E-state index contributed by atoms with van der Waals surface area (Å²) in [6.07, 6.45) is 1.22. The van der Waals surface area contributed by atoms with Gasteiger partial charge in [-0.3, -0.25) is 0 Å². The van der Waals surface area contributed by atoms with Crippen molar-refractivity contribution in [3.8, 4) is 5.75 Å². The van der Waals surface area contributed by atoms with Gasteiger partial charge in [-0.05, 0) is 51.9 Å². The molecular weight excluding hydrogens is 263 g/mol. The van der Waals surface area contributed by atoms with Crippen molar-refractivity contribution < 1.29 is 4.74 Å². The lowest BCUT2D eigenvalue weighted by Crippen LogP contribution is -1.88. The van der Waals surface area contributed by atoms with Gasteiger partial charge in [0.1, 0.15) is 5.75 Å². The number of ether oxygens (including phenoxy) is 1. The quantitative estimate of drug-likeness (QED) is 0.763. The van der Waals surface area contributed by atoms with Crippen LogP contribution in [0.5, 0.6) is 5.75 Å². The molecule has 0 N–H and O–H groups in total. The molecule has 0 amide bonds. The highest BCUT2D eigenvalue weighted by Crippen LogP contribution is 2.49. The summed E-state index contributed by atoms with van der Waals surface area (Å²) in [5, 5.41) is 0. The molecule has 2 atom stereocenters. The van der Waals surface area contributed by atoms with Gasteiger partial charge in [0.05, 0.1) is 11.6 Å². The van der Waals surface area contributed by atoms with E-state index >= 15 is 0 Å². The number of halogens is 2. The minimum atomic E-state index is 0.662. The first-order chi connectivity index (χ1) is 6.76. The molecule has 1 fully saturated rings. The summed E-state index contributed by atoms with van der Waals surface area (Å²) < 4.78 is 6.21. The maximum absolute atomic E-state index is 5.81. The smallest absolute Gasteiger partial charge is 0.133 e. The minimum Gasteiger partial charge on any atom is -0.496 e. The highest BCUT2D eigenvalue weighted by molar-refractivity contribution is 9.10. The summed E-state index contributed by atoms with van der Waals surface area (Å²) in [7, 11) is 1.68. The van der Waals surface area contributed by atoms with Gasteiger partial charge in [-0.2, -0.15) is 0 Å². The van der Waals surface area contributed by atoms with Gasteiger partial charge in [0.15, 0.2) is 0 Å². The SMILES string of the molecule is COc1ccc(C2CC2CCl)cc1Br. The van der Waals surface area contributed by atoms with E-state index in [0.29, 0.717) is 11.8 Å². The zero-order chi connectivity index (χ0) is 10.1. The molecule has 2 rings (SSSR count). The normalized spacial score (nSPS) is 24.8. The third kappa shape index (κ3) is 1.91. The number of rotatable bonds is 3. The van der Waals surface area contributed by atoms with Crippen LogP contribution in [-0.2, 0) is 0 Å². The van der Waals surface area contributed by atoms with Crippen molar-refractivity contribution in [2.75, 3.05) is 13.0 Å². The highest BCUT2D eigenvalue weighted by atomic mass is 79.9. The molecule has 0 aliphatic heterocycles. The van der Waals surface area contributed by atoms with Crippen LogP contribution in [0.25, 0.3) is 0 Å². The van der Waals surface area contributed by atoms with Crippen LogP contribution in [0.3, 0.4) is 0 Å². The van der Waals surface area contributed by atoms with Gasteiger partial charge in [-0.25, -0.2) is 0 Å². The maximum atomic E-state index is 5.81. The summed E-state index contributed by atoms with van der Waals surface area (Å²) in [5.74, 6) is 3.00. The summed E-state index contributed by atoms with van der Waals surface area (Å²) in [6.45, 7) is 0. The van der Waals surface area contributed by atoms with Crippen molar-refractivity contribution >= 4 is 27.5 Å². The van der Waals surface area contributed by atoms with Crippen molar-refractivity contribution in [1.29, 1.82) is 0 Å². The van der Waals surface area contributed by atoms with Crippen LogP contribution in [0.2, 0.25) is 0 Å². The van der Waals surface area contributed by atoms with E-state index in [4.69, 9.17) is 16.3 Å². The fraction of sp³-hybridized carbons (Fsp3) is 0.455. The summed E-state index contributed by atoms with van der Waals surface area (Å²) in [5.41, 5.74) is 1.36. The van der Waals surface area contributed by atoms with E-state index in [9.17, 15) is 0 Å². The average molecular weight is 276 g/mol. The van der Waals surface area contributed by atoms with Crippen molar-refractivity contribution in [2.24, 2.45) is 5.92 Å². The topological polar surface area (TPSA) is 9.23 Å². The molecule has 1 nitrogen and oxygen atoms in total. The Balaban J connectivity index is 2.17. The second-order valence-electron chi connectivity index (χ2n) is 3.65. The van der Waals surface area contributed by atoms with Gasteiger partial charge in [0.25, 0.3) is 0 Å². The van der Waals surface area contributed by atoms with Gasteiger partial charge in [-0.15, -0.1) is 11.6 Å². The van der Waals surface area contributed by atoms with Crippen molar-refractivity contribution in [1.82, 2.24) is 0 Å². The Morgan fingerprint density at radius 3 is 2.86 bits per heavy atom. The Kier molecular flexibility index (Phi) is 3.03. The van der Waals surface area contributed by atoms with Crippen molar-refractivity contribution in [3.63, 3.8) is 0 Å². The fourth-order valence-electron chi connectivity index (χ4n) is 1.74. The van der Waals surface area contributed by atoms with E-state index in [1.165, 1.54) is 12.0 Å². The summed E-state index contributed by atoms with van der Waals surface area (Å²) >= 11 is 9.29. The molecule has 0 aromatic heterocycles. The van der Waals surface area contributed by atoms with Crippen molar-refractivity contribution in [3.05, 3.63) is 28.2 Å². The maximum Gasteiger partial charge on any atom is 0.133 e. The molecule has 1 saturated carbocycles. The molecule has 1 aliphatic rings. The molecular formula is C11H12BrClO. The highest BCUT2D eigenvalue weighted by Gasteiger charge is 2.37. The fourth-order valence-corrected chi connectivity index (χ4v) is 2.64. The Labute approximate surface area is 97.5 Å². The number of methoxy groups -OCH3 is 1. The number of alkyl halides is 1. The molecule has 3 heteroatoms. The average Bonchev–Trinajstić information content (AvgIpc) is 2.96.